The minimum atomic E-state index is -0.0381. The smallest absolute Gasteiger partial charge is 0.321 e. The molecule has 19 heavy (non-hydrogen) atoms. The van der Waals surface area contributed by atoms with Gasteiger partial charge in [0, 0.05) is 13.1 Å². The molecule has 0 aromatic heterocycles. The number of urea groups is 1. The van der Waals surface area contributed by atoms with Gasteiger partial charge in [0.15, 0.2) is 0 Å². The predicted molar refractivity (Wildman–Crippen MR) is 79.8 cm³/mol. The summed E-state index contributed by atoms with van der Waals surface area (Å²) < 4.78 is 0. The number of anilines is 1. The van der Waals surface area contributed by atoms with Gasteiger partial charge in [0.05, 0.1) is 10.7 Å². The minimum absolute atomic E-state index is 0.0381. The number of benzene rings is 1. The molecule has 0 spiro atoms. The second-order valence-corrected chi connectivity index (χ2v) is 5.68. The maximum absolute atomic E-state index is 12.2. The fourth-order valence-corrected chi connectivity index (χ4v) is 2.78. The molecule has 1 aliphatic rings. The van der Waals surface area contributed by atoms with Crippen molar-refractivity contribution >= 4 is 23.3 Å². The number of halogens is 1. The quantitative estimate of drug-likeness (QED) is 0.860. The average molecular weight is 281 g/mol. The Morgan fingerprint density at radius 3 is 3.00 bits per heavy atom. The van der Waals surface area contributed by atoms with Gasteiger partial charge in [-0.15, -0.1) is 0 Å². The lowest BCUT2D eigenvalue weighted by Crippen LogP contribution is -2.42. The van der Waals surface area contributed by atoms with E-state index in [-0.39, 0.29) is 6.03 Å². The van der Waals surface area contributed by atoms with E-state index in [0.717, 1.165) is 31.5 Å². The minimum Gasteiger partial charge on any atom is -0.324 e. The van der Waals surface area contributed by atoms with Crippen LogP contribution in [-0.2, 0) is 0 Å². The van der Waals surface area contributed by atoms with Gasteiger partial charge >= 0.3 is 6.03 Å². The molecule has 1 saturated heterocycles. The van der Waals surface area contributed by atoms with Crippen molar-refractivity contribution in [3.63, 3.8) is 0 Å². The number of rotatable bonds is 2. The van der Waals surface area contributed by atoms with Crippen molar-refractivity contribution < 1.29 is 4.79 Å². The molecule has 1 fully saturated rings. The lowest BCUT2D eigenvalue weighted by molar-refractivity contribution is 0.176. The summed E-state index contributed by atoms with van der Waals surface area (Å²) in [7, 11) is 0. The van der Waals surface area contributed by atoms with E-state index >= 15 is 0 Å². The zero-order valence-electron chi connectivity index (χ0n) is 11.6. The zero-order valence-corrected chi connectivity index (χ0v) is 12.3. The molecule has 1 N–H and O–H groups in total. The average Bonchev–Trinajstić information content (AvgIpc) is 2.42. The van der Waals surface area contributed by atoms with Gasteiger partial charge in [0.1, 0.15) is 0 Å². The van der Waals surface area contributed by atoms with Gasteiger partial charge in [-0.2, -0.15) is 0 Å². The molecule has 1 aliphatic heterocycles. The molecule has 104 valence electrons. The van der Waals surface area contributed by atoms with Gasteiger partial charge in [-0.1, -0.05) is 31.0 Å². The lowest BCUT2D eigenvalue weighted by Gasteiger charge is -2.32. The number of carbonyl (C=O) groups excluding carboxylic acids is 1. The van der Waals surface area contributed by atoms with Crippen molar-refractivity contribution in [1.29, 1.82) is 0 Å². The van der Waals surface area contributed by atoms with Gasteiger partial charge in [-0.25, -0.2) is 4.79 Å². The molecule has 2 amide bonds. The highest BCUT2D eigenvalue weighted by atomic mass is 35.5. The molecule has 4 heteroatoms. The van der Waals surface area contributed by atoms with Gasteiger partial charge in [0.25, 0.3) is 0 Å². The Balaban J connectivity index is 2.00. The van der Waals surface area contributed by atoms with Gasteiger partial charge in [0.2, 0.25) is 0 Å². The fourth-order valence-electron chi connectivity index (χ4n) is 2.50. The third-order valence-electron chi connectivity index (χ3n) is 3.75. The Hall–Kier alpha value is -1.22. The van der Waals surface area contributed by atoms with Crippen LogP contribution in [0.2, 0.25) is 5.02 Å². The molecule has 3 nitrogen and oxygen atoms in total. The maximum atomic E-state index is 12.2. The molecule has 1 atom stereocenters. The molecule has 0 radical (unpaired) electrons. The number of hydrogen-bond donors (Lipinski definition) is 1. The summed E-state index contributed by atoms with van der Waals surface area (Å²) >= 11 is 6.14. The van der Waals surface area contributed by atoms with E-state index in [1.54, 1.807) is 0 Å². The maximum Gasteiger partial charge on any atom is 0.321 e. The van der Waals surface area contributed by atoms with Crippen molar-refractivity contribution in [2.24, 2.45) is 5.92 Å². The number of nitrogens with one attached hydrogen (secondary N) is 1. The molecule has 2 rings (SSSR count). The van der Waals surface area contributed by atoms with Crippen molar-refractivity contribution in [2.45, 2.75) is 33.1 Å². The Bertz CT molecular complexity index is 461. The van der Waals surface area contributed by atoms with Crippen LogP contribution in [0.4, 0.5) is 10.5 Å². The number of piperidine rings is 1. The molecular formula is C15H21ClN2O. The molecule has 0 saturated carbocycles. The molecule has 1 heterocycles. The van der Waals surface area contributed by atoms with Gasteiger partial charge in [-0.3, -0.25) is 0 Å². The van der Waals surface area contributed by atoms with Crippen molar-refractivity contribution in [1.82, 2.24) is 4.90 Å². The second-order valence-electron chi connectivity index (χ2n) is 5.28. The van der Waals surface area contributed by atoms with Crippen LogP contribution in [0, 0.1) is 12.8 Å². The first-order valence-electron chi connectivity index (χ1n) is 6.92. The summed E-state index contributed by atoms with van der Waals surface area (Å²) in [5, 5.41) is 3.50. The molecule has 1 aromatic rings. The van der Waals surface area contributed by atoms with E-state index in [9.17, 15) is 4.79 Å². The van der Waals surface area contributed by atoms with Crippen LogP contribution in [-0.4, -0.2) is 24.0 Å². The summed E-state index contributed by atoms with van der Waals surface area (Å²) in [5.74, 6) is 0.632. The van der Waals surface area contributed by atoms with Crippen LogP contribution in [0.25, 0.3) is 0 Å². The van der Waals surface area contributed by atoms with E-state index in [2.05, 4.69) is 12.2 Å². The van der Waals surface area contributed by atoms with E-state index < -0.39 is 0 Å². The summed E-state index contributed by atoms with van der Waals surface area (Å²) in [4.78, 5) is 14.1. The van der Waals surface area contributed by atoms with Crippen LogP contribution in [0.1, 0.15) is 31.7 Å². The number of carbonyl (C=O) groups is 1. The van der Waals surface area contributed by atoms with Gasteiger partial charge < -0.3 is 10.2 Å². The standard InChI is InChI=1S/C15H21ClN2O/c1-3-12-5-4-8-18(10-12)15(19)17-14-7-6-11(2)9-13(14)16/h6-7,9,12H,3-5,8,10H2,1-2H3,(H,17,19). The first kappa shape index (κ1) is 14.2. The number of amides is 2. The third-order valence-corrected chi connectivity index (χ3v) is 4.06. The zero-order chi connectivity index (χ0) is 13.8. The van der Waals surface area contributed by atoms with Crippen LogP contribution >= 0.6 is 11.6 Å². The molecular weight excluding hydrogens is 260 g/mol. The number of likely N-dealkylation sites (tertiary alicyclic amines) is 1. The molecule has 1 unspecified atom stereocenters. The highest BCUT2D eigenvalue weighted by molar-refractivity contribution is 6.33. The lowest BCUT2D eigenvalue weighted by atomic mass is 9.96. The van der Waals surface area contributed by atoms with Crippen LogP contribution in [0.3, 0.4) is 0 Å². The fraction of sp³-hybridized carbons (Fsp3) is 0.533. The van der Waals surface area contributed by atoms with Crippen LogP contribution < -0.4 is 5.32 Å². The summed E-state index contributed by atoms with van der Waals surface area (Å²) in [6.45, 7) is 5.86. The molecule has 0 aliphatic carbocycles. The summed E-state index contributed by atoms with van der Waals surface area (Å²) in [6, 6.07) is 5.63. The number of aryl methyl sites for hydroxylation is 1. The highest BCUT2D eigenvalue weighted by Crippen LogP contribution is 2.24. The SMILES string of the molecule is CCC1CCCN(C(=O)Nc2ccc(C)cc2Cl)C1. The van der Waals surface area contributed by atoms with E-state index in [1.807, 2.05) is 30.0 Å². The molecule has 0 bridgehead atoms. The first-order chi connectivity index (χ1) is 9.10. The largest absolute Gasteiger partial charge is 0.324 e. The Morgan fingerprint density at radius 1 is 1.53 bits per heavy atom. The van der Waals surface area contributed by atoms with E-state index in [4.69, 9.17) is 11.6 Å². The second kappa shape index (κ2) is 6.29. The number of nitrogens with zero attached hydrogens (tertiary/aromatic N) is 1. The van der Waals surface area contributed by atoms with E-state index in [0.29, 0.717) is 16.6 Å². The number of hydrogen-bond acceptors (Lipinski definition) is 1. The van der Waals surface area contributed by atoms with Crippen molar-refractivity contribution in [3.05, 3.63) is 28.8 Å². The topological polar surface area (TPSA) is 32.3 Å². The third kappa shape index (κ3) is 3.63. The summed E-state index contributed by atoms with van der Waals surface area (Å²) in [5.41, 5.74) is 1.78. The predicted octanol–water partition coefficient (Wildman–Crippen LogP) is 4.30. The van der Waals surface area contributed by atoms with Crippen molar-refractivity contribution in [2.75, 3.05) is 18.4 Å². The van der Waals surface area contributed by atoms with Crippen LogP contribution in [0.15, 0.2) is 18.2 Å². The highest BCUT2D eigenvalue weighted by Gasteiger charge is 2.22. The van der Waals surface area contributed by atoms with Crippen molar-refractivity contribution in [3.8, 4) is 0 Å². The Kier molecular flexibility index (Phi) is 4.70. The van der Waals surface area contributed by atoms with E-state index in [1.165, 1.54) is 6.42 Å². The Morgan fingerprint density at radius 2 is 2.32 bits per heavy atom. The first-order valence-corrected chi connectivity index (χ1v) is 7.30. The summed E-state index contributed by atoms with van der Waals surface area (Å²) in [6.07, 6.45) is 3.45. The molecule has 1 aromatic carbocycles. The normalized spacial score (nSPS) is 19.3. The Labute approximate surface area is 119 Å². The van der Waals surface area contributed by atoms with Gasteiger partial charge in [-0.05, 0) is 43.4 Å². The monoisotopic (exact) mass is 280 g/mol. The van der Waals surface area contributed by atoms with Crippen LogP contribution in [0.5, 0.6) is 0 Å².